The monoisotopic (exact) mass is 385 g/mol. The van der Waals surface area contributed by atoms with Crippen LogP contribution >= 0.6 is 50.5 Å². The van der Waals surface area contributed by atoms with E-state index in [0.717, 1.165) is 16.7 Å². The third kappa shape index (κ3) is 2.68. The van der Waals surface area contributed by atoms with E-state index in [1.165, 1.54) is 15.6 Å². The first-order chi connectivity index (χ1) is 9.66. The van der Waals surface area contributed by atoms with Gasteiger partial charge in [0.05, 0.1) is 15.7 Å². The standard InChI is InChI=1S/C15H10BrCl2NS/c16-11-5-6-12(15(18)14(11)17)19-7-9-8-20-13-4-2-1-3-10(9)13/h1-6,8,19H,7H2. The summed E-state index contributed by atoms with van der Waals surface area (Å²) in [4.78, 5) is 0. The van der Waals surface area contributed by atoms with Gasteiger partial charge in [-0.25, -0.2) is 0 Å². The molecule has 0 aliphatic heterocycles. The molecular weight excluding hydrogens is 377 g/mol. The summed E-state index contributed by atoms with van der Waals surface area (Å²) >= 11 is 17.5. The molecule has 2 aromatic carbocycles. The van der Waals surface area contributed by atoms with Gasteiger partial charge in [0.15, 0.2) is 0 Å². The molecule has 1 aromatic heterocycles. The van der Waals surface area contributed by atoms with Gasteiger partial charge < -0.3 is 5.32 Å². The van der Waals surface area contributed by atoms with E-state index in [2.05, 4.69) is 50.9 Å². The van der Waals surface area contributed by atoms with Crippen molar-refractivity contribution < 1.29 is 0 Å². The van der Waals surface area contributed by atoms with Crippen LogP contribution in [0.5, 0.6) is 0 Å². The zero-order valence-corrected chi connectivity index (χ0v) is 14.2. The molecule has 0 bridgehead atoms. The zero-order chi connectivity index (χ0) is 14.1. The number of hydrogen-bond donors (Lipinski definition) is 1. The molecule has 102 valence electrons. The first-order valence-electron chi connectivity index (χ1n) is 5.99. The summed E-state index contributed by atoms with van der Waals surface area (Å²) in [5, 5.41) is 7.88. The lowest BCUT2D eigenvalue weighted by atomic mass is 10.2. The van der Waals surface area contributed by atoms with Crippen LogP contribution in [0.3, 0.4) is 0 Å². The minimum atomic E-state index is 0.534. The van der Waals surface area contributed by atoms with Gasteiger partial charge in [-0.05, 0) is 50.5 Å². The Bertz CT molecular complexity index is 770. The van der Waals surface area contributed by atoms with Gasteiger partial charge in [0.25, 0.3) is 0 Å². The fourth-order valence-corrected chi connectivity index (χ4v) is 3.83. The van der Waals surface area contributed by atoms with Gasteiger partial charge in [-0.3, -0.25) is 0 Å². The highest BCUT2D eigenvalue weighted by Crippen LogP contribution is 2.36. The van der Waals surface area contributed by atoms with Gasteiger partial charge in [0, 0.05) is 15.7 Å². The SMILES string of the molecule is Clc1c(Br)ccc(NCc2csc3ccccc23)c1Cl. The zero-order valence-electron chi connectivity index (χ0n) is 10.3. The molecule has 1 N–H and O–H groups in total. The van der Waals surface area contributed by atoms with Crippen LogP contribution in [0.15, 0.2) is 46.3 Å². The number of fused-ring (bicyclic) bond motifs is 1. The molecular formula is C15H10BrCl2NS. The van der Waals surface area contributed by atoms with Crippen LogP contribution in [-0.2, 0) is 6.54 Å². The summed E-state index contributed by atoms with van der Waals surface area (Å²) in [6.07, 6.45) is 0. The largest absolute Gasteiger partial charge is 0.380 e. The van der Waals surface area contributed by atoms with Crippen molar-refractivity contribution in [1.82, 2.24) is 0 Å². The fourth-order valence-electron chi connectivity index (χ4n) is 2.02. The van der Waals surface area contributed by atoms with Crippen molar-refractivity contribution in [3.8, 4) is 0 Å². The lowest BCUT2D eigenvalue weighted by Gasteiger charge is -2.10. The molecule has 0 amide bonds. The van der Waals surface area contributed by atoms with Crippen LogP contribution in [0.2, 0.25) is 10.0 Å². The Morgan fingerprint density at radius 2 is 1.85 bits per heavy atom. The second-order valence-electron chi connectivity index (χ2n) is 4.33. The molecule has 1 nitrogen and oxygen atoms in total. The Balaban J connectivity index is 1.85. The second kappa shape index (κ2) is 5.94. The van der Waals surface area contributed by atoms with Crippen molar-refractivity contribution in [3.63, 3.8) is 0 Å². The third-order valence-electron chi connectivity index (χ3n) is 3.07. The van der Waals surface area contributed by atoms with Crippen LogP contribution in [0, 0.1) is 0 Å². The van der Waals surface area contributed by atoms with E-state index in [0.29, 0.717) is 10.0 Å². The summed E-state index contributed by atoms with van der Waals surface area (Å²) in [6.45, 7) is 0.724. The van der Waals surface area contributed by atoms with Gasteiger partial charge in [-0.15, -0.1) is 11.3 Å². The van der Waals surface area contributed by atoms with Gasteiger partial charge in [0.1, 0.15) is 0 Å². The maximum atomic E-state index is 6.24. The maximum Gasteiger partial charge on any atom is 0.0835 e. The lowest BCUT2D eigenvalue weighted by Crippen LogP contribution is -1.99. The summed E-state index contributed by atoms with van der Waals surface area (Å²) in [7, 11) is 0. The van der Waals surface area contributed by atoms with Crippen LogP contribution in [0.1, 0.15) is 5.56 Å². The van der Waals surface area contributed by atoms with Crippen LogP contribution < -0.4 is 5.32 Å². The summed E-state index contributed by atoms with van der Waals surface area (Å²) in [5.74, 6) is 0. The minimum Gasteiger partial charge on any atom is -0.380 e. The van der Waals surface area contributed by atoms with E-state index in [9.17, 15) is 0 Å². The van der Waals surface area contributed by atoms with E-state index < -0.39 is 0 Å². The molecule has 0 radical (unpaired) electrons. The van der Waals surface area contributed by atoms with Crippen molar-refractivity contribution in [2.24, 2.45) is 0 Å². The number of anilines is 1. The number of hydrogen-bond acceptors (Lipinski definition) is 2. The van der Waals surface area contributed by atoms with E-state index in [1.54, 1.807) is 11.3 Å². The maximum absolute atomic E-state index is 6.24. The summed E-state index contributed by atoms with van der Waals surface area (Å²) < 4.78 is 2.10. The predicted molar refractivity (Wildman–Crippen MR) is 93.3 cm³/mol. The predicted octanol–water partition coefficient (Wildman–Crippen LogP) is 6.58. The summed E-state index contributed by atoms with van der Waals surface area (Å²) in [6, 6.07) is 12.2. The van der Waals surface area contributed by atoms with Crippen molar-refractivity contribution in [2.45, 2.75) is 6.54 Å². The van der Waals surface area contributed by atoms with Crippen molar-refractivity contribution >= 4 is 66.2 Å². The molecule has 1 heterocycles. The Hall–Kier alpha value is -0.740. The highest BCUT2D eigenvalue weighted by Gasteiger charge is 2.09. The number of thiophene rings is 1. The first-order valence-corrected chi connectivity index (χ1v) is 8.42. The van der Waals surface area contributed by atoms with E-state index in [-0.39, 0.29) is 0 Å². The van der Waals surface area contributed by atoms with E-state index >= 15 is 0 Å². The molecule has 0 atom stereocenters. The second-order valence-corrected chi connectivity index (χ2v) is 6.86. The van der Waals surface area contributed by atoms with Crippen LogP contribution in [0.25, 0.3) is 10.1 Å². The smallest absolute Gasteiger partial charge is 0.0835 e. The molecule has 3 rings (SSSR count). The van der Waals surface area contributed by atoms with Crippen molar-refractivity contribution in [2.75, 3.05) is 5.32 Å². The molecule has 0 unspecified atom stereocenters. The molecule has 0 spiro atoms. The number of benzene rings is 2. The average molecular weight is 387 g/mol. The number of halogens is 3. The third-order valence-corrected chi connectivity index (χ3v) is 5.85. The molecule has 3 aromatic rings. The van der Waals surface area contributed by atoms with Gasteiger partial charge >= 0.3 is 0 Å². The molecule has 5 heteroatoms. The Morgan fingerprint density at radius 1 is 1.05 bits per heavy atom. The molecule has 20 heavy (non-hydrogen) atoms. The lowest BCUT2D eigenvalue weighted by molar-refractivity contribution is 1.18. The molecule has 0 saturated heterocycles. The highest BCUT2D eigenvalue weighted by atomic mass is 79.9. The Morgan fingerprint density at radius 3 is 2.70 bits per heavy atom. The molecule has 0 fully saturated rings. The van der Waals surface area contributed by atoms with Gasteiger partial charge in [0.2, 0.25) is 0 Å². The quantitative estimate of drug-likeness (QED) is 0.501. The topological polar surface area (TPSA) is 12.0 Å². The normalized spacial score (nSPS) is 10.9. The highest BCUT2D eigenvalue weighted by molar-refractivity contribution is 9.10. The van der Waals surface area contributed by atoms with Crippen LogP contribution in [0.4, 0.5) is 5.69 Å². The van der Waals surface area contributed by atoms with Crippen molar-refractivity contribution in [1.29, 1.82) is 0 Å². The Labute approximate surface area is 139 Å². The summed E-state index contributed by atoms with van der Waals surface area (Å²) in [5.41, 5.74) is 2.11. The molecule has 0 aliphatic carbocycles. The number of rotatable bonds is 3. The minimum absolute atomic E-state index is 0.534. The van der Waals surface area contributed by atoms with E-state index in [1.807, 2.05) is 12.1 Å². The number of nitrogens with one attached hydrogen (secondary N) is 1. The molecule has 0 aliphatic rings. The first kappa shape index (κ1) is 14.2. The van der Waals surface area contributed by atoms with Gasteiger partial charge in [-0.1, -0.05) is 41.4 Å². The van der Waals surface area contributed by atoms with Crippen molar-refractivity contribution in [3.05, 3.63) is 61.9 Å². The molecule has 0 saturated carbocycles. The average Bonchev–Trinajstić information content (AvgIpc) is 2.87. The van der Waals surface area contributed by atoms with E-state index in [4.69, 9.17) is 23.2 Å². The fraction of sp³-hybridized carbons (Fsp3) is 0.0667. The van der Waals surface area contributed by atoms with Gasteiger partial charge in [-0.2, -0.15) is 0 Å². The Kier molecular flexibility index (Phi) is 4.22. The van der Waals surface area contributed by atoms with Crippen LogP contribution in [-0.4, -0.2) is 0 Å².